The van der Waals surface area contributed by atoms with Gasteiger partial charge in [0.05, 0.1) is 21.7 Å². The van der Waals surface area contributed by atoms with Gasteiger partial charge < -0.3 is 14.6 Å². The first-order valence-electron chi connectivity index (χ1n) is 7.78. The van der Waals surface area contributed by atoms with Gasteiger partial charge in [-0.15, -0.1) is 11.3 Å². The van der Waals surface area contributed by atoms with Gasteiger partial charge in [-0.3, -0.25) is 4.79 Å². The number of nitrogens with zero attached hydrogens (tertiary/aromatic N) is 1. The van der Waals surface area contributed by atoms with Gasteiger partial charge >= 0.3 is 5.97 Å². The van der Waals surface area contributed by atoms with Crippen LogP contribution in [0.25, 0.3) is 10.2 Å². The van der Waals surface area contributed by atoms with Crippen LogP contribution in [-0.4, -0.2) is 23.6 Å². The average molecular weight is 377 g/mol. The molecule has 3 aromatic rings. The Balaban J connectivity index is 1.91. The van der Waals surface area contributed by atoms with Gasteiger partial charge in [0.2, 0.25) is 5.91 Å². The number of anilines is 1. The number of aromatic nitrogens is 1. The van der Waals surface area contributed by atoms with E-state index in [-0.39, 0.29) is 12.5 Å². The number of methoxy groups -OCH3 is 1. The Morgan fingerprint density at radius 2 is 2.04 bits per heavy atom. The van der Waals surface area contributed by atoms with Crippen molar-refractivity contribution in [1.82, 2.24) is 4.57 Å². The standard InChI is InChI=1S/C18H17ClN2O3S/c1-3-11-6-4-5-7-12(11)20-17(22)10-21-13-9-16(19)25-15(13)8-14(21)18(23)24-2/h4-9H,3,10H2,1-2H3,(H,20,22). The molecule has 2 aromatic heterocycles. The summed E-state index contributed by atoms with van der Waals surface area (Å²) >= 11 is 7.41. The lowest BCUT2D eigenvalue weighted by atomic mass is 10.1. The molecule has 0 fully saturated rings. The quantitative estimate of drug-likeness (QED) is 0.673. The first-order valence-corrected chi connectivity index (χ1v) is 8.97. The number of amides is 1. The summed E-state index contributed by atoms with van der Waals surface area (Å²) in [5.41, 5.74) is 2.91. The number of nitrogens with one attached hydrogen (secondary N) is 1. The SMILES string of the molecule is CCc1ccccc1NC(=O)Cn1c(C(=O)OC)cc2sc(Cl)cc21. The number of esters is 1. The maximum absolute atomic E-state index is 12.5. The highest BCUT2D eigenvalue weighted by Crippen LogP contribution is 2.32. The number of para-hydroxylation sites is 1. The molecule has 1 amide bonds. The van der Waals surface area contributed by atoms with Crippen LogP contribution < -0.4 is 5.32 Å². The molecule has 0 saturated heterocycles. The molecule has 0 atom stereocenters. The van der Waals surface area contributed by atoms with Gasteiger partial charge in [-0.1, -0.05) is 36.7 Å². The lowest BCUT2D eigenvalue weighted by Gasteiger charge is -2.12. The smallest absolute Gasteiger partial charge is 0.354 e. The maximum atomic E-state index is 12.5. The lowest BCUT2D eigenvalue weighted by molar-refractivity contribution is -0.116. The number of carbonyl (C=O) groups is 2. The summed E-state index contributed by atoms with van der Waals surface area (Å²) < 4.78 is 7.90. The van der Waals surface area contributed by atoms with Crippen LogP contribution in [-0.2, 0) is 22.5 Å². The van der Waals surface area contributed by atoms with E-state index in [0.29, 0.717) is 10.0 Å². The van der Waals surface area contributed by atoms with Crippen LogP contribution in [0.5, 0.6) is 0 Å². The first-order chi connectivity index (χ1) is 12.0. The number of ether oxygens (including phenoxy) is 1. The van der Waals surface area contributed by atoms with E-state index in [1.54, 1.807) is 16.7 Å². The second-order valence-corrected chi connectivity index (χ2v) is 7.18. The normalized spacial score (nSPS) is 10.8. The molecule has 1 N–H and O–H groups in total. The molecule has 1 aromatic carbocycles. The Morgan fingerprint density at radius 1 is 1.28 bits per heavy atom. The third-order valence-corrected chi connectivity index (χ3v) is 5.13. The Bertz CT molecular complexity index is 945. The molecular formula is C18H17ClN2O3S. The van der Waals surface area contributed by atoms with E-state index < -0.39 is 5.97 Å². The van der Waals surface area contributed by atoms with Crippen molar-refractivity contribution < 1.29 is 14.3 Å². The van der Waals surface area contributed by atoms with E-state index in [1.807, 2.05) is 31.2 Å². The summed E-state index contributed by atoms with van der Waals surface area (Å²) in [6.07, 6.45) is 0.817. The minimum absolute atomic E-state index is 0.000948. The monoisotopic (exact) mass is 376 g/mol. The van der Waals surface area contributed by atoms with E-state index in [2.05, 4.69) is 5.32 Å². The van der Waals surface area contributed by atoms with E-state index in [0.717, 1.165) is 27.9 Å². The molecule has 0 radical (unpaired) electrons. The number of aryl methyl sites for hydroxylation is 1. The van der Waals surface area contributed by atoms with Crippen LogP contribution in [0.2, 0.25) is 4.34 Å². The van der Waals surface area contributed by atoms with Crippen LogP contribution in [0.15, 0.2) is 36.4 Å². The van der Waals surface area contributed by atoms with Crippen molar-refractivity contribution >= 4 is 50.7 Å². The Kier molecular flexibility index (Phi) is 5.11. The number of carbonyl (C=O) groups excluding carboxylic acids is 2. The molecule has 0 saturated carbocycles. The highest BCUT2D eigenvalue weighted by Gasteiger charge is 2.20. The van der Waals surface area contributed by atoms with Crippen LogP contribution >= 0.6 is 22.9 Å². The minimum Gasteiger partial charge on any atom is -0.464 e. The number of rotatable bonds is 5. The number of halogens is 1. The third kappa shape index (κ3) is 3.55. The molecular weight excluding hydrogens is 360 g/mol. The van der Waals surface area contributed by atoms with Crippen LogP contribution in [0.3, 0.4) is 0 Å². The molecule has 130 valence electrons. The predicted octanol–water partition coefficient (Wildman–Crippen LogP) is 4.34. The molecule has 0 unspecified atom stereocenters. The van der Waals surface area contributed by atoms with Gasteiger partial charge in [0.1, 0.15) is 12.2 Å². The van der Waals surface area contributed by atoms with Gasteiger partial charge in [-0.05, 0) is 30.2 Å². The fourth-order valence-electron chi connectivity index (χ4n) is 2.74. The van der Waals surface area contributed by atoms with Gasteiger partial charge in [0, 0.05) is 5.69 Å². The highest BCUT2D eigenvalue weighted by molar-refractivity contribution is 7.22. The first kappa shape index (κ1) is 17.5. The van der Waals surface area contributed by atoms with Crippen molar-refractivity contribution in [1.29, 1.82) is 0 Å². The zero-order valence-corrected chi connectivity index (χ0v) is 15.4. The fraction of sp³-hybridized carbons (Fsp3) is 0.222. The highest BCUT2D eigenvalue weighted by atomic mass is 35.5. The van der Waals surface area contributed by atoms with Crippen molar-refractivity contribution in [3.8, 4) is 0 Å². The van der Waals surface area contributed by atoms with Crippen molar-refractivity contribution in [2.75, 3.05) is 12.4 Å². The topological polar surface area (TPSA) is 60.3 Å². The summed E-state index contributed by atoms with van der Waals surface area (Å²) in [5.74, 6) is -0.702. The Morgan fingerprint density at radius 3 is 2.76 bits per heavy atom. The largest absolute Gasteiger partial charge is 0.464 e. The molecule has 0 spiro atoms. The minimum atomic E-state index is -0.485. The number of hydrogen-bond acceptors (Lipinski definition) is 4. The molecule has 0 aliphatic carbocycles. The van der Waals surface area contributed by atoms with Crippen LogP contribution in [0.1, 0.15) is 23.0 Å². The summed E-state index contributed by atoms with van der Waals surface area (Å²) in [4.78, 5) is 24.6. The number of fused-ring (bicyclic) bond motifs is 1. The maximum Gasteiger partial charge on any atom is 0.354 e. The molecule has 2 heterocycles. The summed E-state index contributed by atoms with van der Waals surface area (Å²) in [5, 5.41) is 2.91. The van der Waals surface area contributed by atoms with Crippen LogP contribution in [0.4, 0.5) is 5.69 Å². The third-order valence-electron chi connectivity index (χ3n) is 3.93. The van der Waals surface area contributed by atoms with Crippen molar-refractivity contribution in [2.24, 2.45) is 0 Å². The van der Waals surface area contributed by atoms with Crippen molar-refractivity contribution in [3.63, 3.8) is 0 Å². The summed E-state index contributed by atoms with van der Waals surface area (Å²) in [6.45, 7) is 2.03. The zero-order valence-electron chi connectivity index (χ0n) is 13.8. The van der Waals surface area contributed by atoms with E-state index in [1.165, 1.54) is 18.4 Å². The second kappa shape index (κ2) is 7.29. The molecule has 0 aliphatic heterocycles. The summed E-state index contributed by atoms with van der Waals surface area (Å²) in [7, 11) is 1.32. The van der Waals surface area contributed by atoms with Gasteiger partial charge in [0.25, 0.3) is 0 Å². The van der Waals surface area contributed by atoms with Gasteiger partial charge in [-0.25, -0.2) is 4.79 Å². The summed E-state index contributed by atoms with van der Waals surface area (Å²) in [6, 6.07) is 11.1. The number of thiophene rings is 1. The van der Waals surface area contributed by atoms with Crippen LogP contribution in [0, 0.1) is 0 Å². The number of hydrogen-bond donors (Lipinski definition) is 1. The molecule has 0 aliphatic rings. The van der Waals surface area contributed by atoms with Gasteiger partial charge in [0.15, 0.2) is 0 Å². The Labute approximate surface area is 154 Å². The molecule has 25 heavy (non-hydrogen) atoms. The van der Waals surface area contributed by atoms with Crippen molar-refractivity contribution in [3.05, 3.63) is 52.0 Å². The predicted molar refractivity (Wildman–Crippen MR) is 101 cm³/mol. The Hall–Kier alpha value is -2.31. The number of benzene rings is 1. The van der Waals surface area contributed by atoms with E-state index >= 15 is 0 Å². The molecule has 7 heteroatoms. The fourth-order valence-corrected chi connectivity index (χ4v) is 3.92. The molecule has 0 bridgehead atoms. The lowest BCUT2D eigenvalue weighted by Crippen LogP contribution is -2.22. The zero-order chi connectivity index (χ0) is 18.0. The second-order valence-electron chi connectivity index (χ2n) is 5.47. The van der Waals surface area contributed by atoms with E-state index in [9.17, 15) is 9.59 Å². The average Bonchev–Trinajstić information content (AvgIpc) is 3.12. The molecule has 5 nitrogen and oxygen atoms in total. The van der Waals surface area contributed by atoms with E-state index in [4.69, 9.17) is 16.3 Å². The molecule has 3 rings (SSSR count). The van der Waals surface area contributed by atoms with Crippen molar-refractivity contribution in [2.45, 2.75) is 19.9 Å². The van der Waals surface area contributed by atoms with Gasteiger partial charge in [-0.2, -0.15) is 0 Å².